The van der Waals surface area contributed by atoms with Crippen LogP contribution in [0.1, 0.15) is 57.1 Å². The molecule has 4 heteroatoms. The van der Waals surface area contributed by atoms with Crippen LogP contribution in [0.15, 0.2) is 12.1 Å². The second-order valence-electron chi connectivity index (χ2n) is 8.05. The molecular formula is C21H29NO3. The molecule has 3 aliphatic rings. The predicted molar refractivity (Wildman–Crippen MR) is 96.8 cm³/mol. The van der Waals surface area contributed by atoms with E-state index in [1.807, 2.05) is 13.0 Å². The second kappa shape index (κ2) is 6.89. The molecule has 1 amide bonds. The normalized spacial score (nSPS) is 29.4. The molecular weight excluding hydrogens is 314 g/mol. The zero-order valence-electron chi connectivity index (χ0n) is 15.3. The fourth-order valence-corrected chi connectivity index (χ4v) is 5.04. The summed E-state index contributed by atoms with van der Waals surface area (Å²) in [5.74, 6) is 4.28. The van der Waals surface area contributed by atoms with E-state index in [1.165, 1.54) is 31.2 Å². The van der Waals surface area contributed by atoms with Gasteiger partial charge in [0, 0.05) is 30.5 Å². The average Bonchev–Trinajstić information content (AvgIpc) is 3.27. The van der Waals surface area contributed by atoms with Gasteiger partial charge in [0.15, 0.2) is 0 Å². The molecule has 0 spiro atoms. The van der Waals surface area contributed by atoms with Gasteiger partial charge < -0.3 is 14.8 Å². The van der Waals surface area contributed by atoms with Gasteiger partial charge in [0.05, 0.1) is 6.61 Å². The monoisotopic (exact) mass is 343 g/mol. The number of amides is 1. The zero-order chi connectivity index (χ0) is 17.4. The fraction of sp³-hybridized carbons (Fsp3) is 0.667. The van der Waals surface area contributed by atoms with Crippen molar-refractivity contribution in [2.45, 2.75) is 65.0 Å². The molecule has 2 bridgehead atoms. The van der Waals surface area contributed by atoms with Crippen molar-refractivity contribution in [1.29, 1.82) is 0 Å². The largest absolute Gasteiger partial charge is 0.494 e. The molecule has 0 aromatic heterocycles. The summed E-state index contributed by atoms with van der Waals surface area (Å²) < 4.78 is 11.7. The van der Waals surface area contributed by atoms with Crippen LogP contribution in [0.25, 0.3) is 0 Å². The maximum atomic E-state index is 12.4. The number of carbonyl (C=O) groups excluding carboxylic acids is 1. The molecule has 1 aliphatic heterocycles. The van der Waals surface area contributed by atoms with Gasteiger partial charge >= 0.3 is 0 Å². The summed E-state index contributed by atoms with van der Waals surface area (Å²) in [6, 6.07) is 4.13. The topological polar surface area (TPSA) is 47.6 Å². The number of hydrogen-bond donors (Lipinski definition) is 1. The van der Waals surface area contributed by atoms with Crippen molar-refractivity contribution in [2.75, 3.05) is 6.61 Å². The number of benzene rings is 1. The number of hydrogen-bond acceptors (Lipinski definition) is 3. The maximum absolute atomic E-state index is 12.4. The van der Waals surface area contributed by atoms with E-state index in [2.05, 4.69) is 18.3 Å². The van der Waals surface area contributed by atoms with Gasteiger partial charge in [0.1, 0.15) is 17.6 Å². The Morgan fingerprint density at radius 3 is 2.92 bits per heavy atom. The van der Waals surface area contributed by atoms with Crippen LogP contribution in [-0.2, 0) is 17.8 Å². The summed E-state index contributed by atoms with van der Waals surface area (Å²) in [6.07, 6.45) is 7.15. The van der Waals surface area contributed by atoms with Crippen molar-refractivity contribution >= 4 is 5.91 Å². The molecule has 2 fully saturated rings. The Hall–Kier alpha value is -1.71. The van der Waals surface area contributed by atoms with Crippen LogP contribution < -0.4 is 14.8 Å². The van der Waals surface area contributed by atoms with Crippen molar-refractivity contribution in [3.8, 4) is 11.5 Å². The van der Waals surface area contributed by atoms with E-state index in [0.29, 0.717) is 25.5 Å². The molecule has 25 heavy (non-hydrogen) atoms. The first kappa shape index (κ1) is 16.7. The molecule has 4 rings (SSSR count). The lowest BCUT2D eigenvalue weighted by Gasteiger charge is -2.21. The van der Waals surface area contributed by atoms with Gasteiger partial charge in [-0.2, -0.15) is 0 Å². The van der Waals surface area contributed by atoms with Crippen LogP contribution in [-0.4, -0.2) is 18.6 Å². The van der Waals surface area contributed by atoms with Gasteiger partial charge in [0.25, 0.3) is 0 Å². The molecule has 0 saturated heterocycles. The van der Waals surface area contributed by atoms with Crippen molar-refractivity contribution < 1.29 is 14.3 Å². The molecule has 0 unspecified atom stereocenters. The summed E-state index contributed by atoms with van der Waals surface area (Å²) in [6.45, 7) is 5.21. The molecule has 0 radical (unpaired) electrons. The summed E-state index contributed by atoms with van der Waals surface area (Å²) in [5, 5.41) is 3.11. The Morgan fingerprint density at radius 1 is 1.32 bits per heavy atom. The van der Waals surface area contributed by atoms with Crippen molar-refractivity contribution in [3.05, 3.63) is 23.3 Å². The summed E-state index contributed by atoms with van der Waals surface area (Å²) >= 11 is 0. The summed E-state index contributed by atoms with van der Waals surface area (Å²) in [4.78, 5) is 12.4. The number of fused-ring (bicyclic) bond motifs is 3. The smallest absolute Gasteiger partial charge is 0.220 e. The third-order valence-electron chi connectivity index (χ3n) is 6.19. The first-order valence-electron chi connectivity index (χ1n) is 9.84. The number of ether oxygens (including phenoxy) is 2. The van der Waals surface area contributed by atoms with Crippen LogP contribution in [0.4, 0.5) is 0 Å². The lowest BCUT2D eigenvalue weighted by molar-refractivity contribution is -0.122. The zero-order valence-corrected chi connectivity index (χ0v) is 15.3. The summed E-state index contributed by atoms with van der Waals surface area (Å²) in [7, 11) is 0. The third kappa shape index (κ3) is 3.49. The highest BCUT2D eigenvalue weighted by Gasteiger charge is 2.40. The standard InChI is InChI=1S/C21H29NO3/c1-3-24-19-9-17-6-13(2)25-20(17)10-18(19)12-22-21(23)11-16-8-14-4-5-15(16)7-14/h9-10,13-16H,3-8,11-12H2,1-2H3,(H,22,23)/t13-,14+,15-,16+/m1/s1. The van der Waals surface area contributed by atoms with Gasteiger partial charge in [-0.15, -0.1) is 0 Å². The third-order valence-corrected chi connectivity index (χ3v) is 6.19. The fourth-order valence-electron chi connectivity index (χ4n) is 5.04. The quantitative estimate of drug-likeness (QED) is 0.853. The van der Waals surface area contributed by atoms with Gasteiger partial charge in [0.2, 0.25) is 5.91 Å². The Labute approximate surface area is 150 Å². The number of carbonyl (C=O) groups is 1. The van der Waals surface area contributed by atoms with Gasteiger partial charge in [-0.25, -0.2) is 0 Å². The minimum atomic E-state index is 0.176. The number of rotatable bonds is 6. The van der Waals surface area contributed by atoms with E-state index in [9.17, 15) is 4.79 Å². The second-order valence-corrected chi connectivity index (χ2v) is 8.05. The molecule has 4 nitrogen and oxygen atoms in total. The van der Waals surface area contributed by atoms with Crippen molar-refractivity contribution in [2.24, 2.45) is 17.8 Å². The van der Waals surface area contributed by atoms with E-state index >= 15 is 0 Å². The molecule has 2 aliphatic carbocycles. The molecule has 1 heterocycles. The van der Waals surface area contributed by atoms with E-state index < -0.39 is 0 Å². The van der Waals surface area contributed by atoms with Crippen LogP contribution in [0.5, 0.6) is 11.5 Å². The predicted octanol–water partition coefficient (Wildman–Crippen LogP) is 3.85. The summed E-state index contributed by atoms with van der Waals surface area (Å²) in [5.41, 5.74) is 2.21. The molecule has 2 saturated carbocycles. The Balaban J connectivity index is 1.38. The molecule has 4 atom stereocenters. The van der Waals surface area contributed by atoms with E-state index in [4.69, 9.17) is 9.47 Å². The van der Waals surface area contributed by atoms with E-state index in [-0.39, 0.29) is 12.0 Å². The highest BCUT2D eigenvalue weighted by molar-refractivity contribution is 5.76. The highest BCUT2D eigenvalue weighted by Crippen LogP contribution is 2.49. The molecule has 136 valence electrons. The molecule has 1 aromatic rings. The molecule has 1 aromatic carbocycles. The lowest BCUT2D eigenvalue weighted by atomic mass is 9.86. The van der Waals surface area contributed by atoms with Crippen LogP contribution >= 0.6 is 0 Å². The number of nitrogens with one attached hydrogen (secondary N) is 1. The Bertz CT molecular complexity index is 657. The van der Waals surface area contributed by atoms with E-state index in [0.717, 1.165) is 35.3 Å². The maximum Gasteiger partial charge on any atom is 0.220 e. The average molecular weight is 343 g/mol. The van der Waals surface area contributed by atoms with Gasteiger partial charge in [-0.1, -0.05) is 6.42 Å². The Morgan fingerprint density at radius 2 is 2.20 bits per heavy atom. The highest BCUT2D eigenvalue weighted by atomic mass is 16.5. The van der Waals surface area contributed by atoms with Gasteiger partial charge in [-0.05, 0) is 63.0 Å². The van der Waals surface area contributed by atoms with Crippen LogP contribution in [0, 0.1) is 17.8 Å². The van der Waals surface area contributed by atoms with Crippen LogP contribution in [0.2, 0.25) is 0 Å². The van der Waals surface area contributed by atoms with Crippen LogP contribution in [0.3, 0.4) is 0 Å². The minimum Gasteiger partial charge on any atom is -0.494 e. The minimum absolute atomic E-state index is 0.176. The van der Waals surface area contributed by atoms with E-state index in [1.54, 1.807) is 0 Å². The lowest BCUT2D eigenvalue weighted by Crippen LogP contribution is -2.27. The molecule has 1 N–H and O–H groups in total. The first-order valence-corrected chi connectivity index (χ1v) is 9.84. The SMILES string of the molecule is CCOc1cc2c(cc1CNC(=O)C[C@@H]1C[C@H]3CC[C@@H]1C3)O[C@H](C)C2. The Kier molecular flexibility index (Phi) is 4.61. The first-order chi connectivity index (χ1) is 12.1. The van der Waals surface area contributed by atoms with Crippen molar-refractivity contribution in [1.82, 2.24) is 5.32 Å². The van der Waals surface area contributed by atoms with Crippen molar-refractivity contribution in [3.63, 3.8) is 0 Å². The van der Waals surface area contributed by atoms with Gasteiger partial charge in [-0.3, -0.25) is 4.79 Å².